The van der Waals surface area contributed by atoms with Gasteiger partial charge in [0, 0.05) is 11.8 Å². The van der Waals surface area contributed by atoms with Crippen molar-refractivity contribution < 1.29 is 75.3 Å². The van der Waals surface area contributed by atoms with E-state index >= 15 is 0 Å². The first-order chi connectivity index (χ1) is 29.5. The fraction of sp³-hybridized carbons (Fsp3) is 0.500. The van der Waals surface area contributed by atoms with Gasteiger partial charge in [0.25, 0.3) is 0 Å². The number of benzene rings is 2. The summed E-state index contributed by atoms with van der Waals surface area (Å²) in [6, 6.07) is 0.0751. The van der Waals surface area contributed by atoms with Crippen LogP contribution in [0.2, 0.25) is 0 Å². The highest BCUT2D eigenvalue weighted by Gasteiger charge is 2.39. The lowest BCUT2D eigenvalue weighted by Crippen LogP contribution is -2.63. The zero-order chi connectivity index (χ0) is 49.0. The SMILES string of the molecule is COC(=O)C[C@H](NC(=O)[C@@H](NC(=O)C(=O)Nc1ccccc1C(C)(C)C)C(C)C)C(=O)N[C@H](C(=O)NC(C)(C)C(=O)NC(CC(=O)O)C(=O)COc1c(F)c(F)cc(F)c1F)C(C)C. The Kier molecular flexibility index (Phi) is 18.9. The van der Waals surface area contributed by atoms with Gasteiger partial charge in [0.05, 0.1) is 20.0 Å². The maximum absolute atomic E-state index is 14.1. The number of aliphatic carboxylic acids is 1. The second-order valence-corrected chi connectivity index (χ2v) is 16.8. The van der Waals surface area contributed by atoms with Crippen LogP contribution in [0.25, 0.3) is 0 Å². The predicted octanol–water partition coefficient (Wildman–Crippen LogP) is 2.31. The Morgan fingerprint density at radius 3 is 1.75 bits per heavy atom. The van der Waals surface area contributed by atoms with Crippen LogP contribution in [-0.4, -0.2) is 102 Å². The average molecular weight is 911 g/mol. The lowest BCUT2D eigenvalue weighted by molar-refractivity contribution is -0.144. The number of carbonyl (C=O) groups is 9. The average Bonchev–Trinajstić information content (AvgIpc) is 3.19. The van der Waals surface area contributed by atoms with Gasteiger partial charge in [0.1, 0.15) is 36.3 Å². The Balaban J connectivity index is 2.25. The zero-order valence-corrected chi connectivity index (χ0v) is 36.9. The molecule has 0 aromatic heterocycles. The van der Waals surface area contributed by atoms with Crippen LogP contribution in [-0.2, 0) is 53.3 Å². The quantitative estimate of drug-likeness (QED) is 0.0437. The van der Waals surface area contributed by atoms with E-state index in [-0.39, 0.29) is 6.07 Å². The molecule has 0 heterocycles. The fourth-order valence-corrected chi connectivity index (χ4v) is 5.80. The molecule has 0 bridgehead atoms. The number of rotatable bonds is 20. The van der Waals surface area contributed by atoms with E-state index in [0.717, 1.165) is 26.5 Å². The first kappa shape index (κ1) is 53.5. The van der Waals surface area contributed by atoms with E-state index in [9.17, 15) is 65.8 Å². The van der Waals surface area contributed by atoms with Gasteiger partial charge < -0.3 is 46.5 Å². The maximum Gasteiger partial charge on any atom is 0.313 e. The van der Waals surface area contributed by atoms with Crippen LogP contribution in [0.5, 0.6) is 5.75 Å². The second kappa shape index (κ2) is 22.7. The Hall–Kier alpha value is -6.61. The van der Waals surface area contributed by atoms with Crippen LogP contribution in [0, 0.1) is 35.1 Å². The fourth-order valence-electron chi connectivity index (χ4n) is 5.80. The third kappa shape index (κ3) is 15.0. The minimum atomic E-state index is -2.00. The molecular formula is C42H54F4N6O12. The molecule has 0 saturated heterocycles. The van der Waals surface area contributed by atoms with Gasteiger partial charge in [-0.3, -0.25) is 43.2 Å². The van der Waals surface area contributed by atoms with E-state index in [1.54, 1.807) is 24.3 Å². The number of ether oxygens (including phenoxy) is 2. The topological polar surface area (TPSA) is 264 Å². The predicted molar refractivity (Wildman–Crippen MR) is 219 cm³/mol. The molecule has 1 unspecified atom stereocenters. The van der Waals surface area contributed by atoms with Gasteiger partial charge in [-0.15, -0.1) is 0 Å². The monoisotopic (exact) mass is 910 g/mol. The molecule has 22 heteroatoms. The molecule has 0 aliphatic heterocycles. The van der Waals surface area contributed by atoms with Crippen molar-refractivity contribution in [2.24, 2.45) is 11.8 Å². The van der Waals surface area contributed by atoms with Gasteiger partial charge >= 0.3 is 23.8 Å². The van der Waals surface area contributed by atoms with Crippen molar-refractivity contribution in [2.75, 3.05) is 19.0 Å². The van der Waals surface area contributed by atoms with E-state index in [0.29, 0.717) is 5.69 Å². The smallest absolute Gasteiger partial charge is 0.313 e. The van der Waals surface area contributed by atoms with Gasteiger partial charge in [-0.05, 0) is 42.7 Å². The molecule has 0 fully saturated rings. The van der Waals surface area contributed by atoms with E-state index < -0.39 is 149 Å². The first-order valence-electron chi connectivity index (χ1n) is 19.7. The summed E-state index contributed by atoms with van der Waals surface area (Å²) in [5, 5.41) is 23.4. The van der Waals surface area contributed by atoms with E-state index in [1.165, 1.54) is 27.7 Å². The van der Waals surface area contributed by atoms with Crippen molar-refractivity contribution in [1.82, 2.24) is 26.6 Å². The largest absolute Gasteiger partial charge is 0.481 e. The minimum Gasteiger partial charge on any atom is -0.481 e. The van der Waals surface area contributed by atoms with Crippen molar-refractivity contribution in [2.45, 2.75) is 110 Å². The lowest BCUT2D eigenvalue weighted by atomic mass is 9.86. The highest BCUT2D eigenvalue weighted by molar-refractivity contribution is 6.40. The van der Waals surface area contributed by atoms with Gasteiger partial charge in [-0.2, -0.15) is 8.78 Å². The highest BCUT2D eigenvalue weighted by Crippen LogP contribution is 2.29. The number of anilines is 1. The Morgan fingerprint density at radius 2 is 1.23 bits per heavy atom. The summed E-state index contributed by atoms with van der Waals surface area (Å²) in [5.74, 6) is -21.2. The third-order valence-corrected chi connectivity index (χ3v) is 9.41. The molecule has 2 aromatic carbocycles. The Labute approximate surface area is 366 Å². The third-order valence-electron chi connectivity index (χ3n) is 9.41. The van der Waals surface area contributed by atoms with Crippen LogP contribution < -0.4 is 36.6 Å². The van der Waals surface area contributed by atoms with Gasteiger partial charge in [0.15, 0.2) is 23.2 Å². The molecule has 6 amide bonds. The normalized spacial score (nSPS) is 13.4. The van der Waals surface area contributed by atoms with Crippen molar-refractivity contribution >= 4 is 58.9 Å². The summed E-state index contributed by atoms with van der Waals surface area (Å²) in [6.45, 7) is 12.7. The molecule has 4 atom stereocenters. The number of methoxy groups -OCH3 is 1. The number of nitrogens with one attached hydrogen (secondary N) is 6. The zero-order valence-electron chi connectivity index (χ0n) is 36.9. The minimum absolute atomic E-state index is 0.109. The summed E-state index contributed by atoms with van der Waals surface area (Å²) < 4.78 is 64.7. The van der Waals surface area contributed by atoms with E-state index in [1.807, 2.05) is 20.8 Å². The molecule has 0 saturated carbocycles. The molecule has 2 aromatic rings. The standard InChI is InChI=1S/C42H54F4N6O12/c1-19(2)32(51-39(61)38(60)47-24-14-12-11-13-21(24)41(5,6)7)36(58)48-26(17-29(56)63-10)35(57)50-33(20(3)4)37(59)52-42(8,9)40(62)49-25(16-28(54)55)27(53)18-64-34-30(45)22(43)15-23(44)31(34)46/h11-15,19-20,25-26,32-33H,16-18H2,1-10H3,(H,47,60)(H,48,58)(H,49,62)(H,50,57)(H,51,61)(H,52,59)(H,54,55)/t25?,26-,32-,33-/m0/s1. The number of hydrogen-bond donors (Lipinski definition) is 7. The van der Waals surface area contributed by atoms with E-state index in [2.05, 4.69) is 41.4 Å². The first-order valence-corrected chi connectivity index (χ1v) is 19.7. The molecule has 0 spiro atoms. The number of carbonyl (C=O) groups excluding carboxylic acids is 8. The van der Waals surface area contributed by atoms with Crippen molar-refractivity contribution in [3.63, 3.8) is 0 Å². The number of ketones is 1. The summed E-state index contributed by atoms with van der Waals surface area (Å²) in [4.78, 5) is 117. The maximum atomic E-state index is 14.1. The molecule has 64 heavy (non-hydrogen) atoms. The lowest BCUT2D eigenvalue weighted by Gasteiger charge is -2.31. The molecule has 0 radical (unpaired) electrons. The molecule has 7 N–H and O–H groups in total. The van der Waals surface area contributed by atoms with Crippen LogP contribution in [0.3, 0.4) is 0 Å². The van der Waals surface area contributed by atoms with Crippen LogP contribution in [0.1, 0.15) is 80.7 Å². The molecular weight excluding hydrogens is 856 g/mol. The van der Waals surface area contributed by atoms with Crippen molar-refractivity contribution in [3.8, 4) is 5.75 Å². The molecule has 2 rings (SSSR count). The summed E-state index contributed by atoms with van der Waals surface area (Å²) >= 11 is 0. The summed E-state index contributed by atoms with van der Waals surface area (Å²) in [5.41, 5.74) is -1.31. The van der Waals surface area contributed by atoms with Gasteiger partial charge in [-0.1, -0.05) is 66.7 Å². The molecule has 0 aliphatic carbocycles. The molecule has 352 valence electrons. The summed E-state index contributed by atoms with van der Waals surface area (Å²) in [7, 11) is 1.01. The second-order valence-electron chi connectivity index (χ2n) is 16.8. The number of Topliss-reactive ketones (excluding diaryl/α,β-unsaturated/α-hetero) is 1. The summed E-state index contributed by atoms with van der Waals surface area (Å²) in [6.07, 6.45) is -1.88. The van der Waals surface area contributed by atoms with E-state index in [4.69, 9.17) is 0 Å². The number of halogens is 4. The number of carboxylic acids is 1. The Morgan fingerprint density at radius 1 is 0.688 bits per heavy atom. The van der Waals surface area contributed by atoms with Crippen molar-refractivity contribution in [3.05, 3.63) is 59.2 Å². The number of carboxylic acid groups (broad SMARTS) is 1. The van der Waals surface area contributed by atoms with Crippen LogP contribution >= 0.6 is 0 Å². The number of esters is 1. The highest BCUT2D eigenvalue weighted by atomic mass is 19.2. The van der Waals surface area contributed by atoms with Crippen LogP contribution in [0.4, 0.5) is 23.2 Å². The van der Waals surface area contributed by atoms with Crippen molar-refractivity contribution in [1.29, 1.82) is 0 Å². The molecule has 0 aliphatic rings. The van der Waals surface area contributed by atoms with Gasteiger partial charge in [-0.25, -0.2) is 8.78 Å². The number of hydrogen-bond acceptors (Lipinski definition) is 11. The number of para-hydroxylation sites is 1. The number of amides is 6. The molecule has 18 nitrogen and oxygen atoms in total. The van der Waals surface area contributed by atoms with Gasteiger partial charge in [0.2, 0.25) is 35.3 Å². The van der Waals surface area contributed by atoms with Crippen LogP contribution in [0.15, 0.2) is 30.3 Å². The Bertz CT molecular complexity index is 2100.